The molecule has 0 spiro atoms. The minimum absolute atomic E-state index is 0.00555. The number of carbonyl (C=O) groups is 1. The van der Waals surface area contributed by atoms with E-state index in [4.69, 9.17) is 0 Å². The summed E-state index contributed by atoms with van der Waals surface area (Å²) >= 11 is 1.17. The van der Waals surface area contributed by atoms with Crippen LogP contribution in [0.4, 0.5) is 11.4 Å². The van der Waals surface area contributed by atoms with Gasteiger partial charge in [0.2, 0.25) is 5.91 Å². The number of thioether (sulfide) groups is 1. The first-order chi connectivity index (χ1) is 16.9. The summed E-state index contributed by atoms with van der Waals surface area (Å²) in [6.45, 7) is 2.07. The Kier molecular flexibility index (Phi) is 7.57. The Hall–Kier alpha value is -3.98. The Morgan fingerprint density at radius 2 is 1.80 bits per heavy atom. The maximum Gasteiger partial charge on any atom is 0.274 e. The van der Waals surface area contributed by atoms with Crippen molar-refractivity contribution in [3.8, 4) is 0 Å². The summed E-state index contributed by atoms with van der Waals surface area (Å²) in [6.07, 6.45) is 1.56. The number of nitro benzene ring substituents is 1. The zero-order valence-electron chi connectivity index (χ0n) is 19.1. The fourth-order valence-electron chi connectivity index (χ4n) is 3.81. The molecule has 9 heteroatoms. The quantitative estimate of drug-likeness (QED) is 0.154. The van der Waals surface area contributed by atoms with Crippen LogP contribution < -0.4 is 10.9 Å². The highest BCUT2D eigenvalue weighted by atomic mass is 32.2. The van der Waals surface area contributed by atoms with Gasteiger partial charge in [-0.05, 0) is 43.5 Å². The molecule has 0 saturated heterocycles. The molecule has 0 unspecified atom stereocenters. The highest BCUT2D eigenvalue weighted by Gasteiger charge is 2.17. The largest absolute Gasteiger partial charge is 0.325 e. The second-order valence-electron chi connectivity index (χ2n) is 8.00. The monoisotopic (exact) mass is 488 g/mol. The number of hydrogen-bond acceptors (Lipinski definition) is 6. The lowest BCUT2D eigenvalue weighted by Gasteiger charge is -2.13. The molecule has 0 aliphatic carbocycles. The fourth-order valence-corrected chi connectivity index (χ4v) is 4.64. The van der Waals surface area contributed by atoms with Gasteiger partial charge < -0.3 is 5.32 Å². The number of carbonyl (C=O) groups excluding carboxylic acids is 1. The van der Waals surface area contributed by atoms with Crippen LogP contribution in [-0.4, -0.2) is 26.1 Å². The lowest BCUT2D eigenvalue weighted by molar-refractivity contribution is -0.385. The standard InChI is InChI=1S/C26H24N4O4S/c1-18-21(14-7-15-23(18)30(33)34)27-24(31)17-35-26-28-22-13-6-5-12-20(22)25(32)29(26)16-8-11-19-9-3-2-4-10-19/h2-7,9-10,12-15H,8,11,16-17H2,1H3,(H,27,31). The number of para-hydroxylation sites is 1. The molecule has 0 saturated carbocycles. The lowest BCUT2D eigenvalue weighted by atomic mass is 10.1. The number of amides is 1. The molecular weight excluding hydrogens is 464 g/mol. The van der Waals surface area contributed by atoms with Crippen LogP contribution in [-0.2, 0) is 17.8 Å². The Morgan fingerprint density at radius 1 is 1.06 bits per heavy atom. The van der Waals surface area contributed by atoms with E-state index < -0.39 is 4.92 Å². The van der Waals surface area contributed by atoms with Gasteiger partial charge in [-0.25, -0.2) is 4.98 Å². The molecule has 1 heterocycles. The number of benzene rings is 3. The fraction of sp³-hybridized carbons (Fsp3) is 0.192. The first-order valence-electron chi connectivity index (χ1n) is 11.1. The van der Waals surface area contributed by atoms with Gasteiger partial charge in [-0.1, -0.05) is 60.3 Å². The Labute approximate surface area is 206 Å². The summed E-state index contributed by atoms with van der Waals surface area (Å²) in [5, 5.41) is 14.9. The molecule has 35 heavy (non-hydrogen) atoms. The lowest BCUT2D eigenvalue weighted by Crippen LogP contribution is -2.24. The molecule has 0 aliphatic rings. The van der Waals surface area contributed by atoms with Gasteiger partial charge in [-0.15, -0.1) is 0 Å². The second-order valence-corrected chi connectivity index (χ2v) is 8.94. The molecule has 178 valence electrons. The van der Waals surface area contributed by atoms with E-state index >= 15 is 0 Å². The van der Waals surface area contributed by atoms with E-state index in [1.807, 2.05) is 24.3 Å². The summed E-state index contributed by atoms with van der Waals surface area (Å²) in [4.78, 5) is 41.2. The van der Waals surface area contributed by atoms with E-state index in [0.717, 1.165) is 12.8 Å². The molecule has 3 aromatic carbocycles. The molecule has 0 radical (unpaired) electrons. The zero-order chi connectivity index (χ0) is 24.8. The summed E-state index contributed by atoms with van der Waals surface area (Å²) in [5.41, 5.74) is 2.35. The third-order valence-corrected chi connectivity index (χ3v) is 6.60. The molecule has 0 atom stereocenters. The number of hydrogen-bond donors (Lipinski definition) is 1. The minimum atomic E-state index is -0.479. The summed E-state index contributed by atoms with van der Waals surface area (Å²) in [5.74, 6) is -0.331. The maximum atomic E-state index is 13.2. The third-order valence-electron chi connectivity index (χ3n) is 5.62. The smallest absolute Gasteiger partial charge is 0.274 e. The van der Waals surface area contributed by atoms with Gasteiger partial charge >= 0.3 is 0 Å². The topological polar surface area (TPSA) is 107 Å². The van der Waals surface area contributed by atoms with Crippen molar-refractivity contribution in [1.82, 2.24) is 9.55 Å². The van der Waals surface area contributed by atoms with Crippen molar-refractivity contribution >= 4 is 39.9 Å². The number of nitro groups is 1. The van der Waals surface area contributed by atoms with Crippen LogP contribution in [0.3, 0.4) is 0 Å². The van der Waals surface area contributed by atoms with Crippen molar-refractivity contribution in [2.75, 3.05) is 11.1 Å². The van der Waals surface area contributed by atoms with E-state index in [9.17, 15) is 19.7 Å². The Balaban J connectivity index is 1.52. The SMILES string of the molecule is Cc1c(NC(=O)CSc2nc3ccccc3c(=O)n2CCCc2ccccc2)cccc1[N+](=O)[O-]. The van der Waals surface area contributed by atoms with Crippen LogP contribution in [0.25, 0.3) is 10.9 Å². The van der Waals surface area contributed by atoms with Crippen LogP contribution in [0.2, 0.25) is 0 Å². The van der Waals surface area contributed by atoms with E-state index in [2.05, 4.69) is 22.4 Å². The van der Waals surface area contributed by atoms with E-state index in [1.54, 1.807) is 35.8 Å². The molecule has 4 aromatic rings. The van der Waals surface area contributed by atoms with Gasteiger partial charge in [0.1, 0.15) is 0 Å². The molecule has 8 nitrogen and oxygen atoms in total. The van der Waals surface area contributed by atoms with Crippen LogP contribution in [0.1, 0.15) is 17.5 Å². The number of fused-ring (bicyclic) bond motifs is 1. The van der Waals surface area contributed by atoms with Gasteiger partial charge in [0.05, 0.1) is 32.8 Å². The van der Waals surface area contributed by atoms with E-state index in [0.29, 0.717) is 33.9 Å². The average molecular weight is 489 g/mol. The highest BCUT2D eigenvalue weighted by molar-refractivity contribution is 7.99. The second kappa shape index (κ2) is 11.0. The molecule has 0 bridgehead atoms. The predicted octanol–water partition coefficient (Wildman–Crippen LogP) is 4.98. The van der Waals surface area contributed by atoms with Crippen molar-refractivity contribution in [2.45, 2.75) is 31.5 Å². The average Bonchev–Trinajstić information content (AvgIpc) is 2.86. The first-order valence-corrected chi connectivity index (χ1v) is 12.1. The van der Waals surface area contributed by atoms with Gasteiger partial charge in [0.15, 0.2) is 5.16 Å². The third kappa shape index (κ3) is 5.75. The van der Waals surface area contributed by atoms with E-state index in [-0.39, 0.29) is 22.9 Å². The first kappa shape index (κ1) is 24.2. The van der Waals surface area contributed by atoms with Crippen LogP contribution in [0.5, 0.6) is 0 Å². The van der Waals surface area contributed by atoms with E-state index in [1.165, 1.54) is 29.5 Å². The van der Waals surface area contributed by atoms with Crippen molar-refractivity contribution < 1.29 is 9.72 Å². The molecule has 1 N–H and O–H groups in total. The van der Waals surface area contributed by atoms with Gasteiger partial charge in [0, 0.05) is 12.6 Å². The molecule has 0 fully saturated rings. The van der Waals surface area contributed by atoms with Gasteiger partial charge in [0.25, 0.3) is 11.2 Å². The Bertz CT molecular complexity index is 1440. The van der Waals surface area contributed by atoms with Crippen LogP contribution in [0.15, 0.2) is 82.7 Å². The van der Waals surface area contributed by atoms with Crippen LogP contribution in [0, 0.1) is 17.0 Å². The summed E-state index contributed by atoms with van der Waals surface area (Å²) in [6, 6.07) is 21.8. The van der Waals surface area contributed by atoms with Crippen molar-refractivity contribution in [3.05, 3.63) is 104 Å². The molecule has 1 amide bonds. The van der Waals surface area contributed by atoms with Gasteiger partial charge in [-0.3, -0.25) is 24.3 Å². The highest BCUT2D eigenvalue weighted by Crippen LogP contribution is 2.26. The molecule has 4 rings (SSSR count). The summed E-state index contributed by atoms with van der Waals surface area (Å²) < 4.78 is 1.63. The number of aryl methyl sites for hydroxylation is 1. The number of nitrogens with zero attached hydrogens (tertiary/aromatic N) is 3. The molecular formula is C26H24N4O4S. The molecule has 0 aliphatic heterocycles. The predicted molar refractivity (Wildman–Crippen MR) is 138 cm³/mol. The molecule has 1 aromatic heterocycles. The number of aromatic nitrogens is 2. The number of anilines is 1. The van der Waals surface area contributed by atoms with Gasteiger partial charge in [-0.2, -0.15) is 0 Å². The zero-order valence-corrected chi connectivity index (χ0v) is 20.0. The number of nitrogens with one attached hydrogen (secondary N) is 1. The van der Waals surface area contributed by atoms with Crippen molar-refractivity contribution in [2.24, 2.45) is 0 Å². The van der Waals surface area contributed by atoms with Crippen molar-refractivity contribution in [1.29, 1.82) is 0 Å². The van der Waals surface area contributed by atoms with Crippen molar-refractivity contribution in [3.63, 3.8) is 0 Å². The summed E-state index contributed by atoms with van der Waals surface area (Å²) in [7, 11) is 0. The normalized spacial score (nSPS) is 10.9. The maximum absolute atomic E-state index is 13.2. The Morgan fingerprint density at radius 3 is 2.57 bits per heavy atom. The minimum Gasteiger partial charge on any atom is -0.325 e. The van der Waals surface area contributed by atoms with Crippen LogP contribution >= 0.6 is 11.8 Å². The number of rotatable bonds is 9.